The maximum atomic E-state index is 4.25. The zero-order valence-corrected chi connectivity index (χ0v) is 13.3. The third-order valence-electron chi connectivity index (χ3n) is 4.02. The van der Waals surface area contributed by atoms with Gasteiger partial charge in [-0.15, -0.1) is 0 Å². The van der Waals surface area contributed by atoms with Crippen molar-refractivity contribution in [1.82, 2.24) is 15.1 Å². The van der Waals surface area contributed by atoms with E-state index in [1.807, 2.05) is 23.1 Å². The van der Waals surface area contributed by atoms with Crippen LogP contribution in [0.25, 0.3) is 0 Å². The Bertz CT molecular complexity index is 529. The molecule has 1 unspecified atom stereocenters. The predicted octanol–water partition coefficient (Wildman–Crippen LogP) is 3.57. The summed E-state index contributed by atoms with van der Waals surface area (Å²) in [6.07, 6.45) is 6.33. The summed E-state index contributed by atoms with van der Waals surface area (Å²) < 4.78 is 3.14. The standard InChI is InChI=1S/C16H20BrN3/c1-12(11-20-8-2-7-18-20)19-16-9-14(10-16)13-3-5-15(17)6-4-13/h2-8,12,14,16,19H,9-11H2,1H3. The van der Waals surface area contributed by atoms with Crippen molar-refractivity contribution in [3.05, 3.63) is 52.8 Å². The van der Waals surface area contributed by atoms with Crippen molar-refractivity contribution in [2.75, 3.05) is 0 Å². The lowest BCUT2D eigenvalue weighted by Crippen LogP contribution is -2.45. The summed E-state index contributed by atoms with van der Waals surface area (Å²) in [5.41, 5.74) is 1.46. The molecule has 2 aromatic rings. The number of nitrogens with zero attached hydrogens (tertiary/aromatic N) is 2. The average Bonchev–Trinajstić information content (AvgIpc) is 2.87. The van der Waals surface area contributed by atoms with Crippen LogP contribution in [0, 0.1) is 0 Å². The maximum absolute atomic E-state index is 4.25. The van der Waals surface area contributed by atoms with E-state index in [9.17, 15) is 0 Å². The van der Waals surface area contributed by atoms with Gasteiger partial charge in [-0.25, -0.2) is 0 Å². The second kappa shape index (κ2) is 6.10. The van der Waals surface area contributed by atoms with Gasteiger partial charge in [-0.3, -0.25) is 4.68 Å². The van der Waals surface area contributed by atoms with Crippen molar-refractivity contribution in [2.45, 2.75) is 44.3 Å². The zero-order chi connectivity index (χ0) is 13.9. The summed E-state index contributed by atoms with van der Waals surface area (Å²) in [6.45, 7) is 3.17. The molecule has 0 radical (unpaired) electrons. The van der Waals surface area contributed by atoms with Gasteiger partial charge >= 0.3 is 0 Å². The number of halogens is 1. The molecule has 0 saturated heterocycles. The number of aromatic nitrogens is 2. The second-order valence-corrected chi connectivity index (χ2v) is 6.63. The third-order valence-corrected chi connectivity index (χ3v) is 4.55. The van der Waals surface area contributed by atoms with Gasteiger partial charge in [-0.1, -0.05) is 28.1 Å². The fourth-order valence-corrected chi connectivity index (χ4v) is 3.17. The van der Waals surface area contributed by atoms with Gasteiger partial charge in [0.1, 0.15) is 0 Å². The largest absolute Gasteiger partial charge is 0.310 e. The highest BCUT2D eigenvalue weighted by molar-refractivity contribution is 9.10. The summed E-state index contributed by atoms with van der Waals surface area (Å²) in [6, 6.07) is 11.8. The van der Waals surface area contributed by atoms with Crippen LogP contribution >= 0.6 is 15.9 Å². The van der Waals surface area contributed by atoms with Gasteiger partial charge in [0.25, 0.3) is 0 Å². The Hall–Kier alpha value is -1.13. The zero-order valence-electron chi connectivity index (χ0n) is 11.7. The van der Waals surface area contributed by atoms with E-state index in [4.69, 9.17) is 0 Å². The van der Waals surface area contributed by atoms with E-state index in [1.165, 1.54) is 18.4 Å². The number of hydrogen-bond donors (Lipinski definition) is 1. The molecule has 1 fully saturated rings. The molecule has 3 rings (SSSR count). The molecule has 20 heavy (non-hydrogen) atoms. The number of nitrogens with one attached hydrogen (secondary N) is 1. The lowest BCUT2D eigenvalue weighted by atomic mass is 9.75. The van der Waals surface area contributed by atoms with Gasteiger partial charge in [0.05, 0.1) is 6.54 Å². The van der Waals surface area contributed by atoms with Crippen molar-refractivity contribution in [3.63, 3.8) is 0 Å². The van der Waals surface area contributed by atoms with Crippen molar-refractivity contribution < 1.29 is 0 Å². The molecule has 1 atom stereocenters. The van der Waals surface area contributed by atoms with Crippen LogP contribution in [-0.2, 0) is 6.54 Å². The SMILES string of the molecule is CC(Cn1cccn1)NC1CC(c2ccc(Br)cc2)C1. The quantitative estimate of drug-likeness (QED) is 0.906. The van der Waals surface area contributed by atoms with E-state index in [2.05, 4.69) is 57.5 Å². The minimum absolute atomic E-state index is 0.464. The predicted molar refractivity (Wildman–Crippen MR) is 84.7 cm³/mol. The first-order chi connectivity index (χ1) is 9.70. The topological polar surface area (TPSA) is 29.9 Å². The van der Waals surface area contributed by atoms with E-state index in [-0.39, 0.29) is 0 Å². The summed E-state index contributed by atoms with van der Waals surface area (Å²) >= 11 is 3.49. The molecule has 1 aromatic heterocycles. The first kappa shape index (κ1) is 13.8. The number of hydrogen-bond acceptors (Lipinski definition) is 2. The molecular formula is C16H20BrN3. The third kappa shape index (κ3) is 3.30. The molecule has 1 N–H and O–H groups in total. The van der Waals surface area contributed by atoms with Crippen molar-refractivity contribution in [3.8, 4) is 0 Å². The smallest absolute Gasteiger partial charge is 0.0560 e. The second-order valence-electron chi connectivity index (χ2n) is 5.71. The van der Waals surface area contributed by atoms with Crippen LogP contribution in [0.4, 0.5) is 0 Å². The van der Waals surface area contributed by atoms with Crippen LogP contribution in [0.3, 0.4) is 0 Å². The van der Waals surface area contributed by atoms with E-state index < -0.39 is 0 Å². The van der Waals surface area contributed by atoms with Gasteiger partial charge in [0, 0.05) is 29.0 Å². The Labute approximate surface area is 128 Å². The molecule has 1 aliphatic rings. The number of benzene rings is 1. The molecule has 106 valence electrons. The van der Waals surface area contributed by atoms with E-state index >= 15 is 0 Å². The monoisotopic (exact) mass is 333 g/mol. The normalized spacial score (nSPS) is 23.3. The fourth-order valence-electron chi connectivity index (χ4n) is 2.91. The Morgan fingerprint density at radius 2 is 2.10 bits per heavy atom. The van der Waals surface area contributed by atoms with E-state index in [0.29, 0.717) is 12.1 Å². The van der Waals surface area contributed by atoms with E-state index in [0.717, 1.165) is 16.9 Å². The van der Waals surface area contributed by atoms with Crippen molar-refractivity contribution in [2.24, 2.45) is 0 Å². The van der Waals surface area contributed by atoms with Gasteiger partial charge < -0.3 is 5.32 Å². The fraction of sp³-hybridized carbons (Fsp3) is 0.438. The molecule has 4 heteroatoms. The van der Waals surface area contributed by atoms with Crippen LogP contribution in [0.15, 0.2) is 47.2 Å². The van der Waals surface area contributed by atoms with Gasteiger partial charge in [0.15, 0.2) is 0 Å². The van der Waals surface area contributed by atoms with Gasteiger partial charge in [0.2, 0.25) is 0 Å². The van der Waals surface area contributed by atoms with Crippen LogP contribution in [-0.4, -0.2) is 21.9 Å². The summed E-state index contributed by atoms with van der Waals surface area (Å²) in [5, 5.41) is 7.95. The lowest BCUT2D eigenvalue weighted by molar-refractivity contribution is 0.258. The lowest BCUT2D eigenvalue weighted by Gasteiger charge is -2.38. The summed E-state index contributed by atoms with van der Waals surface area (Å²) in [5.74, 6) is 0.720. The van der Waals surface area contributed by atoms with E-state index in [1.54, 1.807) is 0 Å². The molecule has 1 saturated carbocycles. The Morgan fingerprint density at radius 3 is 2.75 bits per heavy atom. The molecule has 1 heterocycles. The Morgan fingerprint density at radius 1 is 1.35 bits per heavy atom. The summed E-state index contributed by atoms with van der Waals surface area (Å²) in [7, 11) is 0. The molecule has 0 aliphatic heterocycles. The van der Waals surface area contributed by atoms with Gasteiger partial charge in [-0.05, 0) is 49.4 Å². The first-order valence-corrected chi connectivity index (χ1v) is 7.99. The Kier molecular flexibility index (Phi) is 4.22. The molecule has 0 amide bonds. The minimum atomic E-state index is 0.464. The molecule has 0 bridgehead atoms. The molecule has 0 spiro atoms. The number of rotatable bonds is 5. The molecule has 1 aromatic carbocycles. The summed E-state index contributed by atoms with van der Waals surface area (Å²) in [4.78, 5) is 0. The highest BCUT2D eigenvalue weighted by Gasteiger charge is 2.30. The minimum Gasteiger partial charge on any atom is -0.310 e. The van der Waals surface area contributed by atoms with Crippen LogP contribution in [0.1, 0.15) is 31.2 Å². The van der Waals surface area contributed by atoms with Gasteiger partial charge in [-0.2, -0.15) is 5.10 Å². The van der Waals surface area contributed by atoms with Crippen LogP contribution in [0.5, 0.6) is 0 Å². The first-order valence-electron chi connectivity index (χ1n) is 7.19. The highest BCUT2D eigenvalue weighted by Crippen LogP contribution is 2.37. The van der Waals surface area contributed by atoms with Crippen molar-refractivity contribution in [1.29, 1.82) is 0 Å². The highest BCUT2D eigenvalue weighted by atomic mass is 79.9. The van der Waals surface area contributed by atoms with Crippen molar-refractivity contribution >= 4 is 15.9 Å². The molecule has 1 aliphatic carbocycles. The van der Waals surface area contributed by atoms with Crippen LogP contribution in [0.2, 0.25) is 0 Å². The Balaban J connectivity index is 1.45. The van der Waals surface area contributed by atoms with Crippen LogP contribution < -0.4 is 5.32 Å². The molecular weight excluding hydrogens is 314 g/mol. The maximum Gasteiger partial charge on any atom is 0.0560 e. The molecule has 3 nitrogen and oxygen atoms in total. The average molecular weight is 334 g/mol.